The van der Waals surface area contributed by atoms with Crippen LogP contribution < -0.4 is 15.8 Å². The summed E-state index contributed by atoms with van der Waals surface area (Å²) in [4.78, 5) is 43.7. The van der Waals surface area contributed by atoms with Crippen LogP contribution in [0, 0.1) is 0 Å². The van der Waals surface area contributed by atoms with Crippen molar-refractivity contribution in [2.24, 2.45) is 0 Å². The molecule has 1 aliphatic rings. The number of aromatic nitrogens is 2. The lowest BCUT2D eigenvalue weighted by Crippen LogP contribution is -2.53. The molecule has 3 heterocycles. The van der Waals surface area contributed by atoms with E-state index in [0.717, 1.165) is 4.88 Å². The van der Waals surface area contributed by atoms with E-state index in [-0.39, 0.29) is 24.5 Å². The first-order valence-corrected chi connectivity index (χ1v) is 8.95. The summed E-state index contributed by atoms with van der Waals surface area (Å²) in [5.74, 6) is -1.89. The van der Waals surface area contributed by atoms with Crippen LogP contribution in [0.1, 0.15) is 25.7 Å². The predicted molar refractivity (Wildman–Crippen MR) is 97.6 cm³/mol. The third-order valence-corrected chi connectivity index (χ3v) is 4.89. The van der Waals surface area contributed by atoms with E-state index in [1.807, 2.05) is 0 Å². The molecule has 3 rings (SSSR count). The van der Waals surface area contributed by atoms with E-state index >= 15 is 0 Å². The Balaban J connectivity index is 1.90. The van der Waals surface area contributed by atoms with Crippen molar-refractivity contribution in [3.8, 4) is 5.75 Å². The molecular weight excluding hydrogens is 374 g/mol. The SMILES string of the molecule is COCCN1CN(C)n2cc(C(=O)NCc3cncs3)c(=O)c(O)c2C1=O. The molecular formula is C16H19N5O5S. The van der Waals surface area contributed by atoms with Crippen molar-refractivity contribution in [3.05, 3.63) is 44.3 Å². The molecule has 0 saturated carbocycles. The summed E-state index contributed by atoms with van der Waals surface area (Å²) in [6, 6.07) is 0. The minimum atomic E-state index is -0.890. The number of thiazole rings is 1. The summed E-state index contributed by atoms with van der Waals surface area (Å²) < 4.78 is 6.30. The Kier molecular flexibility index (Phi) is 5.42. The van der Waals surface area contributed by atoms with Gasteiger partial charge in [0.2, 0.25) is 5.43 Å². The highest BCUT2D eigenvalue weighted by atomic mass is 32.1. The van der Waals surface area contributed by atoms with Gasteiger partial charge >= 0.3 is 0 Å². The minimum absolute atomic E-state index is 0.177. The quantitative estimate of drug-likeness (QED) is 0.684. The van der Waals surface area contributed by atoms with Gasteiger partial charge in [0.25, 0.3) is 11.8 Å². The van der Waals surface area contributed by atoms with E-state index in [0.29, 0.717) is 13.2 Å². The molecule has 0 saturated heterocycles. The van der Waals surface area contributed by atoms with Crippen molar-refractivity contribution in [2.75, 3.05) is 39.0 Å². The standard InChI is InChI=1S/C16H19N5O5S/c1-19-9-20(3-4-26-2)16(25)12-14(23)13(22)11(7-21(12)19)15(24)18-6-10-5-17-8-27-10/h5,7-8,23H,3-4,6,9H2,1-2H3,(H,18,24). The van der Waals surface area contributed by atoms with E-state index < -0.39 is 23.0 Å². The summed E-state index contributed by atoms with van der Waals surface area (Å²) in [7, 11) is 3.20. The van der Waals surface area contributed by atoms with Crippen molar-refractivity contribution in [1.82, 2.24) is 19.9 Å². The Labute approximate surface area is 158 Å². The second-order valence-corrected chi connectivity index (χ2v) is 6.90. The maximum absolute atomic E-state index is 12.6. The molecule has 144 valence electrons. The molecule has 2 N–H and O–H groups in total. The maximum Gasteiger partial charge on any atom is 0.277 e. The molecule has 2 aromatic rings. The average molecular weight is 393 g/mol. The highest BCUT2D eigenvalue weighted by Gasteiger charge is 2.32. The van der Waals surface area contributed by atoms with Crippen LogP contribution in [0.3, 0.4) is 0 Å². The fourth-order valence-electron chi connectivity index (χ4n) is 2.71. The summed E-state index contributed by atoms with van der Waals surface area (Å²) in [6.45, 7) is 1.07. The smallest absolute Gasteiger partial charge is 0.277 e. The van der Waals surface area contributed by atoms with Gasteiger partial charge in [-0.3, -0.25) is 29.1 Å². The Hall–Kier alpha value is -2.92. The number of hydrogen-bond donors (Lipinski definition) is 2. The molecule has 1 aliphatic heterocycles. The third kappa shape index (κ3) is 3.64. The number of amides is 2. The number of hydrogen-bond acceptors (Lipinski definition) is 8. The van der Waals surface area contributed by atoms with Crippen LogP contribution in [-0.4, -0.2) is 65.5 Å². The number of aromatic hydroxyl groups is 1. The molecule has 0 fully saturated rings. The molecule has 27 heavy (non-hydrogen) atoms. The third-order valence-electron chi connectivity index (χ3n) is 4.11. The summed E-state index contributed by atoms with van der Waals surface area (Å²) in [5, 5.41) is 14.6. The van der Waals surface area contributed by atoms with Gasteiger partial charge in [-0.25, -0.2) is 0 Å². The van der Waals surface area contributed by atoms with Gasteiger partial charge in [0, 0.05) is 38.0 Å². The lowest BCUT2D eigenvalue weighted by molar-refractivity contribution is 0.0629. The van der Waals surface area contributed by atoms with Gasteiger partial charge in [-0.05, 0) is 0 Å². The molecule has 0 bridgehead atoms. The van der Waals surface area contributed by atoms with Gasteiger partial charge in [-0.2, -0.15) is 0 Å². The second-order valence-electron chi connectivity index (χ2n) is 5.92. The second kappa shape index (κ2) is 7.76. The normalized spacial score (nSPS) is 13.6. The van der Waals surface area contributed by atoms with Crippen LogP contribution in [0.2, 0.25) is 0 Å². The monoisotopic (exact) mass is 393 g/mol. The van der Waals surface area contributed by atoms with E-state index in [4.69, 9.17) is 4.74 Å². The average Bonchev–Trinajstić information content (AvgIpc) is 3.17. The number of ether oxygens (including phenoxy) is 1. The lowest BCUT2D eigenvalue weighted by atomic mass is 10.1. The van der Waals surface area contributed by atoms with Gasteiger partial charge in [-0.15, -0.1) is 11.3 Å². The number of rotatable bonds is 6. The van der Waals surface area contributed by atoms with Crippen molar-refractivity contribution in [3.63, 3.8) is 0 Å². The Morgan fingerprint density at radius 1 is 1.44 bits per heavy atom. The number of fused-ring (bicyclic) bond motifs is 1. The van der Waals surface area contributed by atoms with Gasteiger partial charge in [0.05, 0.1) is 18.7 Å². The van der Waals surface area contributed by atoms with Crippen LogP contribution in [0.25, 0.3) is 0 Å². The van der Waals surface area contributed by atoms with Gasteiger partial charge in [0.1, 0.15) is 12.2 Å². The van der Waals surface area contributed by atoms with E-state index in [1.165, 1.54) is 34.2 Å². The Bertz CT molecular complexity index is 911. The van der Waals surface area contributed by atoms with Crippen LogP contribution in [-0.2, 0) is 11.3 Å². The fraction of sp³-hybridized carbons (Fsp3) is 0.375. The number of carbonyl (C=O) groups excluding carboxylic acids is 2. The number of nitrogens with one attached hydrogen (secondary N) is 1. The molecule has 2 aromatic heterocycles. The van der Waals surface area contributed by atoms with Gasteiger partial charge in [0.15, 0.2) is 11.4 Å². The Morgan fingerprint density at radius 2 is 2.22 bits per heavy atom. The largest absolute Gasteiger partial charge is 0.502 e. The molecule has 0 aromatic carbocycles. The molecule has 11 heteroatoms. The van der Waals surface area contributed by atoms with E-state index in [1.54, 1.807) is 23.8 Å². The fourth-order valence-corrected chi connectivity index (χ4v) is 3.25. The first kappa shape index (κ1) is 18.9. The van der Waals surface area contributed by atoms with Crippen LogP contribution >= 0.6 is 11.3 Å². The van der Waals surface area contributed by atoms with E-state index in [2.05, 4.69) is 10.3 Å². The van der Waals surface area contributed by atoms with E-state index in [9.17, 15) is 19.5 Å². The minimum Gasteiger partial charge on any atom is -0.502 e. The highest BCUT2D eigenvalue weighted by Crippen LogP contribution is 2.20. The molecule has 10 nitrogen and oxygen atoms in total. The van der Waals surface area contributed by atoms with Gasteiger partial charge < -0.3 is 20.1 Å². The molecule has 0 spiro atoms. The van der Waals surface area contributed by atoms with Crippen molar-refractivity contribution in [2.45, 2.75) is 6.54 Å². The zero-order chi connectivity index (χ0) is 19.6. The zero-order valence-corrected chi connectivity index (χ0v) is 15.7. The lowest BCUT2D eigenvalue weighted by Gasteiger charge is -2.37. The predicted octanol–water partition coefficient (Wildman–Crippen LogP) is -0.432. The number of methoxy groups -OCH3 is 1. The summed E-state index contributed by atoms with van der Waals surface area (Å²) >= 11 is 1.37. The topological polar surface area (TPSA) is 117 Å². The first-order valence-electron chi connectivity index (χ1n) is 8.07. The number of pyridine rings is 1. The number of carbonyl (C=O) groups is 2. The highest BCUT2D eigenvalue weighted by molar-refractivity contribution is 7.09. The Morgan fingerprint density at radius 3 is 2.89 bits per heavy atom. The molecule has 0 radical (unpaired) electrons. The summed E-state index contributed by atoms with van der Waals surface area (Å²) in [6.07, 6.45) is 2.88. The molecule has 0 aliphatic carbocycles. The summed E-state index contributed by atoms with van der Waals surface area (Å²) in [5.41, 5.74) is 0.324. The van der Waals surface area contributed by atoms with Crippen LogP contribution in [0.15, 0.2) is 22.7 Å². The molecule has 2 amide bonds. The number of nitrogens with zero attached hydrogens (tertiary/aromatic N) is 4. The first-order chi connectivity index (χ1) is 12.9. The van der Waals surface area contributed by atoms with Crippen molar-refractivity contribution < 1.29 is 19.4 Å². The zero-order valence-electron chi connectivity index (χ0n) is 14.8. The van der Waals surface area contributed by atoms with Gasteiger partial charge in [-0.1, -0.05) is 0 Å². The maximum atomic E-state index is 12.6. The van der Waals surface area contributed by atoms with Crippen LogP contribution in [0.4, 0.5) is 0 Å². The van der Waals surface area contributed by atoms with Crippen molar-refractivity contribution >= 4 is 23.2 Å². The molecule has 0 unspecified atom stereocenters. The molecule has 0 atom stereocenters. The van der Waals surface area contributed by atoms with Crippen molar-refractivity contribution in [1.29, 1.82) is 0 Å². The van der Waals surface area contributed by atoms with Crippen LogP contribution in [0.5, 0.6) is 5.75 Å².